The molecule has 2 aliphatic carbocycles. The van der Waals surface area contributed by atoms with E-state index in [2.05, 4.69) is 16.2 Å². The summed E-state index contributed by atoms with van der Waals surface area (Å²) in [7, 11) is -2.14. The van der Waals surface area contributed by atoms with Gasteiger partial charge in [0.1, 0.15) is 23.9 Å². The molecule has 2 aliphatic heterocycles. The average molecular weight is 702 g/mol. The Bertz CT molecular complexity index is 1790. The number of carbonyl (C=O) groups excluding carboxylic acids is 1. The Morgan fingerprint density at radius 1 is 1.00 bits per heavy atom. The second kappa shape index (κ2) is 12.9. The highest BCUT2D eigenvalue weighted by molar-refractivity contribution is 7.93. The van der Waals surface area contributed by atoms with E-state index in [4.69, 9.17) is 27.9 Å². The van der Waals surface area contributed by atoms with E-state index in [-0.39, 0.29) is 30.5 Å². The molecular weight excluding hydrogens is 666 g/mol. The number of hydrogen-bond donors (Lipinski definition) is 2. The third kappa shape index (κ3) is 6.54. The van der Waals surface area contributed by atoms with Gasteiger partial charge in [0.15, 0.2) is 0 Å². The number of amides is 1. The zero-order chi connectivity index (χ0) is 32.9. The lowest BCUT2D eigenvalue weighted by atomic mass is 9.89. The first kappa shape index (κ1) is 32.1. The van der Waals surface area contributed by atoms with Crippen molar-refractivity contribution >= 4 is 50.7 Å². The maximum Gasteiger partial charge on any atom is 0.253 e. The van der Waals surface area contributed by atoms with E-state index >= 15 is 4.39 Å². The Morgan fingerprint density at radius 2 is 1.74 bits per heavy atom. The van der Waals surface area contributed by atoms with Crippen LogP contribution in [0, 0.1) is 11.7 Å². The van der Waals surface area contributed by atoms with Gasteiger partial charge in [0.2, 0.25) is 10.0 Å². The lowest BCUT2D eigenvalue weighted by Gasteiger charge is -2.49. The molecule has 248 valence electrons. The number of benzene rings is 3. The molecule has 0 aromatic heterocycles. The molecule has 2 saturated carbocycles. The number of nitrogens with zero attached hydrogens (tertiary/aromatic N) is 4. The third-order valence-electron chi connectivity index (χ3n) is 9.22. The largest absolute Gasteiger partial charge is 0.357 e. The van der Waals surface area contributed by atoms with Crippen LogP contribution >= 0.6 is 23.2 Å². The molecule has 2 N–H and O–H groups in total. The maximum atomic E-state index is 15.4. The average Bonchev–Trinajstić information content (AvgIpc) is 3.98. The van der Waals surface area contributed by atoms with Crippen LogP contribution in [0.5, 0.6) is 0 Å². The number of rotatable bonds is 11. The first-order valence-corrected chi connectivity index (χ1v) is 17.9. The van der Waals surface area contributed by atoms with Crippen molar-refractivity contribution in [2.75, 3.05) is 17.9 Å². The van der Waals surface area contributed by atoms with Gasteiger partial charge in [-0.2, -0.15) is 0 Å². The van der Waals surface area contributed by atoms with Gasteiger partial charge in [0.05, 0.1) is 29.6 Å². The fourth-order valence-electron chi connectivity index (χ4n) is 6.51. The highest BCUT2D eigenvalue weighted by atomic mass is 35.5. The van der Waals surface area contributed by atoms with Crippen LogP contribution in [0.3, 0.4) is 0 Å². The summed E-state index contributed by atoms with van der Waals surface area (Å²) in [6.45, 7) is -0.0980. The molecule has 4 atom stereocenters. The smallest absolute Gasteiger partial charge is 0.253 e. The van der Waals surface area contributed by atoms with E-state index in [1.54, 1.807) is 41.2 Å². The third-order valence-corrected chi connectivity index (χ3v) is 12.0. The fraction of sp³-hybridized carbons (Fsp3) is 0.394. The van der Waals surface area contributed by atoms with Crippen molar-refractivity contribution in [3.8, 4) is 0 Å². The zero-order valence-electron chi connectivity index (χ0n) is 25.6. The van der Waals surface area contributed by atoms with Gasteiger partial charge in [-0.15, -0.1) is 10.6 Å². The van der Waals surface area contributed by atoms with E-state index < -0.39 is 45.4 Å². The number of morpholine rings is 1. The highest BCUT2D eigenvalue weighted by Gasteiger charge is 2.52. The first-order valence-electron chi connectivity index (χ1n) is 15.7. The number of hydrogen-bond acceptors (Lipinski definition) is 8. The lowest BCUT2D eigenvalue weighted by molar-refractivity contribution is -0.179. The van der Waals surface area contributed by atoms with E-state index in [0.717, 1.165) is 24.0 Å². The minimum atomic E-state index is -3.91. The van der Waals surface area contributed by atoms with Crippen LogP contribution in [0.25, 0.3) is 0 Å². The molecule has 0 bridgehead atoms. The first-order chi connectivity index (χ1) is 22.6. The predicted molar refractivity (Wildman–Crippen MR) is 178 cm³/mol. The number of anilines is 1. The van der Waals surface area contributed by atoms with Crippen molar-refractivity contribution in [2.45, 2.75) is 61.6 Å². The number of ether oxygens (including phenoxy) is 1. The molecule has 4 aliphatic rings. The Morgan fingerprint density at radius 3 is 2.38 bits per heavy atom. The zero-order valence-corrected chi connectivity index (χ0v) is 27.9. The molecule has 7 rings (SSSR count). The Hall–Kier alpha value is -3.42. The van der Waals surface area contributed by atoms with Gasteiger partial charge in [0.25, 0.3) is 5.91 Å². The monoisotopic (exact) mass is 700 g/mol. The molecule has 14 heteroatoms. The second-order valence-corrected chi connectivity index (χ2v) is 15.5. The van der Waals surface area contributed by atoms with Gasteiger partial charge in [-0.1, -0.05) is 59.6 Å². The molecule has 3 aromatic rings. The minimum absolute atomic E-state index is 0.00832. The van der Waals surface area contributed by atoms with Gasteiger partial charge in [-0.25, -0.2) is 18.3 Å². The Kier molecular flexibility index (Phi) is 8.81. The molecule has 0 radical (unpaired) electrons. The molecule has 0 spiro atoms. The number of hydrazine groups is 2. The molecule has 2 heterocycles. The Balaban J connectivity index is 1.37. The van der Waals surface area contributed by atoms with E-state index in [1.807, 2.05) is 30.3 Å². The fourth-order valence-corrected chi connectivity index (χ4v) is 8.71. The van der Waals surface area contributed by atoms with Crippen molar-refractivity contribution in [1.29, 1.82) is 0 Å². The summed E-state index contributed by atoms with van der Waals surface area (Å²) >= 11 is 12.8. The summed E-state index contributed by atoms with van der Waals surface area (Å²) < 4.78 is 51.3. The molecular formula is C33H35Cl2FN6O4S. The molecule has 3 fully saturated rings. The van der Waals surface area contributed by atoms with Gasteiger partial charge >= 0.3 is 0 Å². The van der Waals surface area contributed by atoms with Gasteiger partial charge in [-0.05, 0) is 79.1 Å². The van der Waals surface area contributed by atoms with Crippen molar-refractivity contribution < 1.29 is 22.3 Å². The number of para-hydroxylation sites is 1. The summed E-state index contributed by atoms with van der Waals surface area (Å²) in [5, 5.41) is 6.40. The number of amidine groups is 1. The van der Waals surface area contributed by atoms with Crippen LogP contribution < -0.4 is 15.4 Å². The van der Waals surface area contributed by atoms with E-state index in [9.17, 15) is 13.2 Å². The van der Waals surface area contributed by atoms with Crippen LogP contribution in [-0.2, 0) is 19.6 Å². The van der Waals surface area contributed by atoms with Gasteiger partial charge in [0, 0.05) is 23.5 Å². The molecule has 1 amide bonds. The van der Waals surface area contributed by atoms with Crippen LogP contribution in [0.1, 0.15) is 55.4 Å². The molecule has 3 aromatic carbocycles. The number of carbonyl (C=O) groups is 1. The van der Waals surface area contributed by atoms with E-state index in [0.29, 0.717) is 28.7 Å². The summed E-state index contributed by atoms with van der Waals surface area (Å²) in [4.78, 5) is 16.7. The van der Waals surface area contributed by atoms with Crippen LogP contribution in [0.4, 0.5) is 10.1 Å². The molecule has 1 saturated heterocycles. The molecule has 47 heavy (non-hydrogen) atoms. The maximum absolute atomic E-state index is 15.4. The summed E-state index contributed by atoms with van der Waals surface area (Å²) in [5.41, 5.74) is 7.07. The second-order valence-electron chi connectivity index (χ2n) is 12.5. The molecule has 10 nitrogen and oxygen atoms in total. The lowest BCUT2D eigenvalue weighted by Crippen LogP contribution is -2.59. The number of halogens is 3. The SMILES string of the molecule is CN1NNN=C1C[C@H]1O[C@H](c2cccc(Cl)c2)[C@@H](c2ccc(Cl)cc2)N([C@H](CN(c2ccccc2F)S(=O)(=O)C2CC2)C2CC2)C1=O. The standard InChI is InChI=1S/C33H35Cl2FN6O4S/c1-40-30(37-38-39-40)18-29-33(43)42(31(21-11-13-23(34)14-12-21)32(46-29)22-5-4-6-24(35)17-22)28(20-9-10-20)19-41(47(44,45)25-15-16-25)27-8-3-2-7-26(27)36/h2-8,11-14,17,20,25,28-29,31-32,38-39H,9-10,15-16,18-19H2,1H3/t28-,29-,31-,32-/m1/s1. The van der Waals surface area contributed by atoms with Crippen molar-refractivity contribution in [3.05, 3.63) is 99.8 Å². The van der Waals surface area contributed by atoms with Crippen molar-refractivity contribution in [1.82, 2.24) is 21.0 Å². The van der Waals surface area contributed by atoms with Gasteiger partial charge in [-0.3, -0.25) is 14.1 Å². The Labute approximate surface area is 283 Å². The van der Waals surface area contributed by atoms with Crippen LogP contribution in [0.2, 0.25) is 10.0 Å². The summed E-state index contributed by atoms with van der Waals surface area (Å²) in [5.74, 6) is -0.386. The number of hydrazone groups is 1. The van der Waals surface area contributed by atoms with Crippen molar-refractivity contribution in [2.24, 2.45) is 11.0 Å². The minimum Gasteiger partial charge on any atom is -0.357 e. The quantitative estimate of drug-likeness (QED) is 0.269. The van der Waals surface area contributed by atoms with Crippen molar-refractivity contribution in [3.63, 3.8) is 0 Å². The number of nitrogens with one attached hydrogen (secondary N) is 2. The van der Waals surface area contributed by atoms with Crippen LogP contribution in [0.15, 0.2) is 77.9 Å². The van der Waals surface area contributed by atoms with Gasteiger partial charge < -0.3 is 9.64 Å². The normalized spacial score (nSPS) is 23.8. The summed E-state index contributed by atoms with van der Waals surface area (Å²) in [6, 6.07) is 19.2. The molecule has 0 unspecified atom stereocenters. The summed E-state index contributed by atoms with van der Waals surface area (Å²) in [6.07, 6.45) is 1.12. The topological polar surface area (TPSA) is 107 Å². The van der Waals surface area contributed by atoms with E-state index in [1.165, 1.54) is 22.5 Å². The number of sulfonamides is 1. The van der Waals surface area contributed by atoms with Crippen LogP contribution in [-0.4, -0.2) is 61.1 Å². The highest BCUT2D eigenvalue weighted by Crippen LogP contribution is 2.49. The predicted octanol–water partition coefficient (Wildman–Crippen LogP) is 5.58.